The maximum absolute atomic E-state index is 13.5. The number of carbonyl (C=O) groups excluding carboxylic acids is 3. The van der Waals surface area contributed by atoms with Crippen molar-refractivity contribution in [2.24, 2.45) is 0 Å². The molecule has 0 N–H and O–H groups in total. The average molecular weight is 452 g/mol. The fraction of sp³-hybridized carbons (Fsp3) is 0.400. The standard InChI is InChI=1S/C25H29N3O5/c1-6-25(4,5)27(23(30)18-9-13-20(14-10-18)28(32)33)21-15-22(29)26(24(21)31)19-11-7-17(8-12-19)16(2)3/h7-14,16,21H,6,15H2,1-5H3. The summed E-state index contributed by atoms with van der Waals surface area (Å²) in [5.41, 5.74) is 0.945. The van der Waals surface area contributed by atoms with E-state index in [4.69, 9.17) is 0 Å². The maximum Gasteiger partial charge on any atom is 0.269 e. The van der Waals surface area contributed by atoms with E-state index in [1.807, 2.05) is 32.9 Å². The third kappa shape index (κ3) is 4.65. The Labute approximate surface area is 193 Å². The second-order valence-corrected chi connectivity index (χ2v) is 9.18. The Kier molecular flexibility index (Phi) is 6.67. The molecule has 0 radical (unpaired) electrons. The highest BCUT2D eigenvalue weighted by Gasteiger charge is 2.48. The van der Waals surface area contributed by atoms with Gasteiger partial charge in [0.2, 0.25) is 5.91 Å². The Hall–Kier alpha value is -3.55. The molecule has 1 heterocycles. The van der Waals surface area contributed by atoms with E-state index in [0.717, 1.165) is 10.5 Å². The smallest absolute Gasteiger partial charge is 0.269 e. The van der Waals surface area contributed by atoms with Gasteiger partial charge < -0.3 is 4.90 Å². The van der Waals surface area contributed by atoms with Gasteiger partial charge in [0.25, 0.3) is 17.5 Å². The number of nitro benzene ring substituents is 1. The lowest BCUT2D eigenvalue weighted by atomic mass is 9.94. The fourth-order valence-corrected chi connectivity index (χ4v) is 3.97. The molecule has 1 atom stereocenters. The van der Waals surface area contributed by atoms with Crippen LogP contribution in [0.1, 0.15) is 69.3 Å². The summed E-state index contributed by atoms with van der Waals surface area (Å²) >= 11 is 0. The predicted molar refractivity (Wildman–Crippen MR) is 125 cm³/mol. The molecule has 0 spiro atoms. The molecule has 8 heteroatoms. The van der Waals surface area contributed by atoms with Crippen molar-refractivity contribution in [1.82, 2.24) is 4.90 Å². The summed E-state index contributed by atoms with van der Waals surface area (Å²) in [6.07, 6.45) is 0.430. The van der Waals surface area contributed by atoms with Crippen LogP contribution in [0.3, 0.4) is 0 Å². The zero-order valence-corrected chi connectivity index (χ0v) is 19.6. The number of nitrogens with zero attached hydrogens (tertiary/aromatic N) is 3. The molecule has 1 saturated heterocycles. The molecule has 174 valence electrons. The van der Waals surface area contributed by atoms with E-state index in [2.05, 4.69) is 13.8 Å². The van der Waals surface area contributed by atoms with Crippen LogP contribution in [0.5, 0.6) is 0 Å². The van der Waals surface area contributed by atoms with Gasteiger partial charge >= 0.3 is 0 Å². The SMILES string of the molecule is CCC(C)(C)N(C(=O)c1ccc([N+](=O)[O-])cc1)C1CC(=O)N(c2ccc(C(C)C)cc2)C1=O. The average Bonchev–Trinajstić information content (AvgIpc) is 3.07. The first-order valence-corrected chi connectivity index (χ1v) is 11.0. The van der Waals surface area contributed by atoms with Crippen LogP contribution in [0.4, 0.5) is 11.4 Å². The van der Waals surface area contributed by atoms with Crippen molar-refractivity contribution in [1.29, 1.82) is 0 Å². The number of anilines is 1. The zero-order valence-electron chi connectivity index (χ0n) is 19.6. The van der Waals surface area contributed by atoms with Gasteiger partial charge in [-0.2, -0.15) is 0 Å². The van der Waals surface area contributed by atoms with E-state index in [1.165, 1.54) is 29.2 Å². The number of hydrogen-bond acceptors (Lipinski definition) is 5. The molecule has 1 unspecified atom stereocenters. The molecule has 0 aromatic heterocycles. The van der Waals surface area contributed by atoms with Gasteiger partial charge in [0, 0.05) is 23.2 Å². The first-order chi connectivity index (χ1) is 15.5. The molecule has 1 fully saturated rings. The lowest BCUT2D eigenvalue weighted by molar-refractivity contribution is -0.384. The van der Waals surface area contributed by atoms with Gasteiger partial charge in [-0.25, -0.2) is 4.90 Å². The fourth-order valence-electron chi connectivity index (χ4n) is 3.97. The largest absolute Gasteiger partial charge is 0.321 e. The summed E-state index contributed by atoms with van der Waals surface area (Å²) in [6.45, 7) is 9.71. The first-order valence-electron chi connectivity index (χ1n) is 11.0. The Morgan fingerprint density at radius 2 is 1.70 bits per heavy atom. The number of nitro groups is 1. The number of rotatable bonds is 7. The van der Waals surface area contributed by atoms with Gasteiger partial charge in [-0.3, -0.25) is 24.5 Å². The second-order valence-electron chi connectivity index (χ2n) is 9.18. The van der Waals surface area contributed by atoms with E-state index >= 15 is 0 Å². The van der Waals surface area contributed by atoms with E-state index < -0.39 is 28.3 Å². The van der Waals surface area contributed by atoms with Gasteiger partial charge in [-0.15, -0.1) is 0 Å². The summed E-state index contributed by atoms with van der Waals surface area (Å²) in [5, 5.41) is 11.0. The monoisotopic (exact) mass is 451 g/mol. The highest BCUT2D eigenvalue weighted by molar-refractivity contribution is 6.23. The molecule has 0 aliphatic carbocycles. The van der Waals surface area contributed by atoms with Crippen molar-refractivity contribution in [3.63, 3.8) is 0 Å². The van der Waals surface area contributed by atoms with Crippen molar-refractivity contribution in [3.05, 3.63) is 69.8 Å². The number of hydrogen-bond donors (Lipinski definition) is 0. The van der Waals surface area contributed by atoms with Crippen LogP contribution in [0.25, 0.3) is 0 Å². The molecule has 3 rings (SSSR count). The zero-order chi connectivity index (χ0) is 24.5. The Morgan fingerprint density at radius 1 is 1.12 bits per heavy atom. The summed E-state index contributed by atoms with van der Waals surface area (Å²) in [4.78, 5) is 52.9. The van der Waals surface area contributed by atoms with E-state index in [1.54, 1.807) is 12.1 Å². The highest BCUT2D eigenvalue weighted by atomic mass is 16.6. The summed E-state index contributed by atoms with van der Waals surface area (Å²) in [5.74, 6) is -0.943. The lowest BCUT2D eigenvalue weighted by Gasteiger charge is -2.41. The number of amides is 3. The molecule has 0 bridgehead atoms. The third-order valence-electron chi connectivity index (χ3n) is 6.31. The van der Waals surface area contributed by atoms with E-state index in [0.29, 0.717) is 18.0 Å². The van der Waals surface area contributed by atoms with Gasteiger partial charge in [0.15, 0.2) is 0 Å². The van der Waals surface area contributed by atoms with Gasteiger partial charge in [-0.05, 0) is 56.0 Å². The molecule has 33 heavy (non-hydrogen) atoms. The second kappa shape index (κ2) is 9.13. The normalized spacial score (nSPS) is 16.4. The van der Waals surface area contributed by atoms with Crippen molar-refractivity contribution in [2.75, 3.05) is 4.90 Å². The van der Waals surface area contributed by atoms with Crippen LogP contribution >= 0.6 is 0 Å². The summed E-state index contributed by atoms with van der Waals surface area (Å²) in [7, 11) is 0. The molecule has 0 saturated carbocycles. The topological polar surface area (TPSA) is 101 Å². The molecule has 2 aromatic carbocycles. The minimum absolute atomic E-state index is 0.118. The summed E-state index contributed by atoms with van der Waals surface area (Å²) in [6, 6.07) is 11.6. The predicted octanol–water partition coefficient (Wildman–Crippen LogP) is 4.68. The van der Waals surface area contributed by atoms with Gasteiger partial charge in [0.05, 0.1) is 17.0 Å². The van der Waals surface area contributed by atoms with Crippen LogP contribution in [0, 0.1) is 10.1 Å². The van der Waals surface area contributed by atoms with E-state index in [9.17, 15) is 24.5 Å². The molecule has 1 aliphatic rings. The molecule has 3 amide bonds. The molecular weight excluding hydrogens is 422 g/mol. The number of imide groups is 1. The van der Waals surface area contributed by atoms with Crippen molar-refractivity contribution in [3.8, 4) is 0 Å². The maximum atomic E-state index is 13.5. The number of benzene rings is 2. The van der Waals surface area contributed by atoms with Crippen LogP contribution in [0.2, 0.25) is 0 Å². The third-order valence-corrected chi connectivity index (χ3v) is 6.31. The number of carbonyl (C=O) groups is 3. The van der Waals surface area contributed by atoms with Crippen LogP contribution in [-0.4, -0.2) is 39.1 Å². The minimum atomic E-state index is -0.958. The summed E-state index contributed by atoms with van der Waals surface area (Å²) < 4.78 is 0. The molecule has 2 aromatic rings. The quantitative estimate of drug-likeness (QED) is 0.346. The first kappa shape index (κ1) is 24.1. The van der Waals surface area contributed by atoms with Crippen LogP contribution in [-0.2, 0) is 9.59 Å². The van der Waals surface area contributed by atoms with Crippen LogP contribution in [0.15, 0.2) is 48.5 Å². The Balaban J connectivity index is 1.96. The van der Waals surface area contributed by atoms with Gasteiger partial charge in [0.1, 0.15) is 6.04 Å². The van der Waals surface area contributed by atoms with Crippen molar-refractivity contribution >= 4 is 29.1 Å². The Bertz CT molecular complexity index is 1070. The Morgan fingerprint density at radius 3 is 2.18 bits per heavy atom. The molecule has 1 aliphatic heterocycles. The van der Waals surface area contributed by atoms with Crippen molar-refractivity contribution < 1.29 is 19.3 Å². The van der Waals surface area contributed by atoms with Gasteiger partial charge in [-0.1, -0.05) is 32.9 Å². The number of non-ortho nitro benzene ring substituents is 1. The molecule has 8 nitrogen and oxygen atoms in total. The molecular formula is C25H29N3O5. The minimum Gasteiger partial charge on any atom is -0.321 e. The lowest BCUT2D eigenvalue weighted by Crippen LogP contribution is -2.55. The van der Waals surface area contributed by atoms with Crippen LogP contribution < -0.4 is 4.90 Å². The van der Waals surface area contributed by atoms with E-state index in [-0.39, 0.29) is 23.6 Å². The highest BCUT2D eigenvalue weighted by Crippen LogP contribution is 2.33. The van der Waals surface area contributed by atoms with Crippen molar-refractivity contribution in [2.45, 2.75) is 65.0 Å².